The topological polar surface area (TPSA) is 84.7 Å². The molecule has 0 radical (unpaired) electrons. The van der Waals surface area contributed by atoms with Crippen LogP contribution in [-0.2, 0) is 4.79 Å². The Bertz CT molecular complexity index is 809. The number of hydrogen-bond acceptors (Lipinski definition) is 5. The van der Waals surface area contributed by atoms with E-state index in [-0.39, 0.29) is 29.0 Å². The fourth-order valence-electron chi connectivity index (χ4n) is 2.64. The Balaban J connectivity index is 1.93. The zero-order valence-electron chi connectivity index (χ0n) is 15.4. The highest BCUT2D eigenvalue weighted by Gasteiger charge is 2.12. The zero-order valence-corrected chi connectivity index (χ0v) is 16.2. The molecular weight excluding hydrogens is 370 g/mol. The van der Waals surface area contributed by atoms with E-state index < -0.39 is 4.92 Å². The predicted octanol–water partition coefficient (Wildman–Crippen LogP) is 4.50. The molecule has 0 saturated carbocycles. The lowest BCUT2D eigenvalue weighted by molar-refractivity contribution is -0.384. The summed E-state index contributed by atoms with van der Waals surface area (Å²) in [4.78, 5) is 24.4. The van der Waals surface area contributed by atoms with Crippen LogP contribution in [-0.4, -0.2) is 30.0 Å². The molecule has 1 amide bonds. The number of nitro benzene ring substituents is 1. The van der Waals surface area contributed by atoms with E-state index in [1.54, 1.807) is 0 Å². The van der Waals surface area contributed by atoms with Gasteiger partial charge in [0.1, 0.15) is 5.75 Å². The summed E-state index contributed by atoms with van der Waals surface area (Å²) in [5.41, 5.74) is 1.60. The van der Waals surface area contributed by atoms with Crippen molar-refractivity contribution < 1.29 is 14.5 Å². The third-order valence-corrected chi connectivity index (χ3v) is 4.23. The highest BCUT2D eigenvalue weighted by Crippen LogP contribution is 2.28. The minimum atomic E-state index is -0.551. The maximum absolute atomic E-state index is 12.1. The van der Waals surface area contributed by atoms with Gasteiger partial charge in [-0.1, -0.05) is 11.6 Å². The number of hydrogen-bond donors (Lipinski definition) is 1. The quantitative estimate of drug-likeness (QED) is 0.529. The summed E-state index contributed by atoms with van der Waals surface area (Å²) in [5.74, 6) is -0.142. The van der Waals surface area contributed by atoms with Crippen molar-refractivity contribution in [3.8, 4) is 5.75 Å². The number of nitrogens with one attached hydrogen (secondary N) is 1. The standard InChI is InChI=1S/C19H22ClN3O4/c1-4-22(13(2)3)15-7-5-14(6-8-15)21-19(24)12-27-18-10-9-16(23(25)26)11-17(18)20/h5-11,13H,4,12H2,1-3H3,(H,21,24). The van der Waals surface area contributed by atoms with Crippen molar-refractivity contribution in [1.82, 2.24) is 0 Å². The molecule has 0 aromatic heterocycles. The molecule has 2 rings (SSSR count). The number of benzene rings is 2. The minimum Gasteiger partial charge on any atom is -0.482 e. The van der Waals surface area contributed by atoms with Crippen molar-refractivity contribution in [2.75, 3.05) is 23.4 Å². The van der Waals surface area contributed by atoms with Gasteiger partial charge in [-0.05, 0) is 51.1 Å². The number of ether oxygens (including phenoxy) is 1. The third-order valence-electron chi connectivity index (χ3n) is 3.93. The molecule has 0 spiro atoms. The molecule has 0 heterocycles. The Labute approximate surface area is 163 Å². The average Bonchev–Trinajstić information content (AvgIpc) is 2.62. The predicted molar refractivity (Wildman–Crippen MR) is 107 cm³/mol. The fraction of sp³-hybridized carbons (Fsp3) is 0.316. The first kappa shape index (κ1) is 20.5. The molecule has 0 bridgehead atoms. The lowest BCUT2D eigenvalue weighted by atomic mass is 10.2. The molecule has 0 fully saturated rings. The van der Waals surface area contributed by atoms with E-state index in [9.17, 15) is 14.9 Å². The van der Waals surface area contributed by atoms with Gasteiger partial charge in [-0.2, -0.15) is 0 Å². The lowest BCUT2D eigenvalue weighted by Gasteiger charge is -2.27. The summed E-state index contributed by atoms with van der Waals surface area (Å²) >= 11 is 5.94. The van der Waals surface area contributed by atoms with Crippen LogP contribution in [0.15, 0.2) is 42.5 Å². The molecule has 0 aliphatic carbocycles. The summed E-state index contributed by atoms with van der Waals surface area (Å²) in [6, 6.07) is 11.8. The molecule has 0 unspecified atom stereocenters. The molecule has 0 aliphatic rings. The second kappa shape index (κ2) is 9.23. The number of non-ortho nitro benzene ring substituents is 1. The Kier molecular flexibility index (Phi) is 7.01. The first-order chi connectivity index (χ1) is 12.8. The van der Waals surface area contributed by atoms with Crippen LogP contribution in [0.3, 0.4) is 0 Å². The Morgan fingerprint density at radius 2 is 1.93 bits per heavy atom. The number of halogens is 1. The fourth-order valence-corrected chi connectivity index (χ4v) is 2.87. The van der Waals surface area contributed by atoms with Crippen LogP contribution in [0.5, 0.6) is 5.75 Å². The molecule has 144 valence electrons. The van der Waals surface area contributed by atoms with Crippen molar-refractivity contribution in [2.24, 2.45) is 0 Å². The molecular formula is C19H22ClN3O4. The SMILES string of the molecule is CCN(c1ccc(NC(=O)COc2ccc([N+](=O)[O-])cc2Cl)cc1)C(C)C. The second-order valence-corrected chi connectivity index (χ2v) is 6.54. The third kappa shape index (κ3) is 5.59. The van der Waals surface area contributed by atoms with Crippen LogP contribution in [0, 0.1) is 10.1 Å². The van der Waals surface area contributed by atoms with E-state index in [2.05, 4.69) is 31.0 Å². The zero-order chi connectivity index (χ0) is 20.0. The molecule has 0 saturated heterocycles. The van der Waals surface area contributed by atoms with Crippen LogP contribution in [0.25, 0.3) is 0 Å². The first-order valence-electron chi connectivity index (χ1n) is 8.55. The number of carbonyl (C=O) groups is 1. The molecule has 1 N–H and O–H groups in total. The maximum Gasteiger partial charge on any atom is 0.271 e. The molecule has 0 aliphatic heterocycles. The second-order valence-electron chi connectivity index (χ2n) is 6.14. The van der Waals surface area contributed by atoms with Crippen LogP contribution < -0.4 is 15.0 Å². The highest BCUT2D eigenvalue weighted by molar-refractivity contribution is 6.32. The first-order valence-corrected chi connectivity index (χ1v) is 8.93. The maximum atomic E-state index is 12.1. The van der Waals surface area contributed by atoms with Gasteiger partial charge in [0.25, 0.3) is 11.6 Å². The summed E-state index contributed by atoms with van der Waals surface area (Å²) in [7, 11) is 0. The van der Waals surface area contributed by atoms with E-state index in [4.69, 9.17) is 16.3 Å². The smallest absolute Gasteiger partial charge is 0.271 e. The number of anilines is 2. The van der Waals surface area contributed by atoms with Crippen LogP contribution in [0.2, 0.25) is 5.02 Å². The van der Waals surface area contributed by atoms with Crippen molar-refractivity contribution in [2.45, 2.75) is 26.8 Å². The summed E-state index contributed by atoms with van der Waals surface area (Å²) in [6.07, 6.45) is 0. The van der Waals surface area contributed by atoms with Gasteiger partial charge in [0.2, 0.25) is 0 Å². The van der Waals surface area contributed by atoms with Crippen molar-refractivity contribution in [3.63, 3.8) is 0 Å². The van der Waals surface area contributed by atoms with Gasteiger partial charge < -0.3 is 15.0 Å². The molecule has 0 atom stereocenters. The summed E-state index contributed by atoms with van der Waals surface area (Å²) < 4.78 is 5.34. The summed E-state index contributed by atoms with van der Waals surface area (Å²) in [5, 5.41) is 13.5. The average molecular weight is 392 g/mol. The molecule has 27 heavy (non-hydrogen) atoms. The lowest BCUT2D eigenvalue weighted by Crippen LogP contribution is -2.30. The van der Waals surface area contributed by atoms with Crippen molar-refractivity contribution >= 4 is 34.6 Å². The van der Waals surface area contributed by atoms with Gasteiger partial charge in [-0.15, -0.1) is 0 Å². The normalized spacial score (nSPS) is 10.6. The summed E-state index contributed by atoms with van der Waals surface area (Å²) in [6.45, 7) is 6.98. The Hall–Kier alpha value is -2.80. The van der Waals surface area contributed by atoms with Crippen LogP contribution in [0.4, 0.5) is 17.1 Å². The van der Waals surface area contributed by atoms with Gasteiger partial charge in [0.15, 0.2) is 6.61 Å². The van der Waals surface area contributed by atoms with E-state index in [0.717, 1.165) is 12.2 Å². The van der Waals surface area contributed by atoms with E-state index in [1.165, 1.54) is 18.2 Å². The van der Waals surface area contributed by atoms with Crippen molar-refractivity contribution in [1.29, 1.82) is 0 Å². The highest BCUT2D eigenvalue weighted by atomic mass is 35.5. The molecule has 7 nitrogen and oxygen atoms in total. The number of carbonyl (C=O) groups excluding carboxylic acids is 1. The number of rotatable bonds is 8. The number of nitrogens with zero attached hydrogens (tertiary/aromatic N) is 2. The molecule has 2 aromatic carbocycles. The van der Waals surface area contributed by atoms with Gasteiger partial charge >= 0.3 is 0 Å². The van der Waals surface area contributed by atoms with Gasteiger partial charge in [-0.3, -0.25) is 14.9 Å². The molecule has 8 heteroatoms. The Morgan fingerprint density at radius 3 is 2.44 bits per heavy atom. The van der Waals surface area contributed by atoms with Gasteiger partial charge in [-0.25, -0.2) is 0 Å². The monoisotopic (exact) mass is 391 g/mol. The largest absolute Gasteiger partial charge is 0.482 e. The van der Waals surface area contributed by atoms with Crippen LogP contribution >= 0.6 is 11.6 Å². The van der Waals surface area contributed by atoms with Crippen molar-refractivity contribution in [3.05, 3.63) is 57.6 Å². The van der Waals surface area contributed by atoms with E-state index in [0.29, 0.717) is 11.7 Å². The van der Waals surface area contributed by atoms with Crippen LogP contribution in [0.1, 0.15) is 20.8 Å². The number of amides is 1. The van der Waals surface area contributed by atoms with E-state index in [1.807, 2.05) is 24.3 Å². The van der Waals surface area contributed by atoms with Gasteiger partial charge in [0, 0.05) is 36.1 Å². The Morgan fingerprint density at radius 1 is 1.26 bits per heavy atom. The van der Waals surface area contributed by atoms with Gasteiger partial charge in [0.05, 0.1) is 9.95 Å². The van der Waals surface area contributed by atoms with E-state index >= 15 is 0 Å². The molecule has 2 aromatic rings. The number of nitro groups is 1. The minimum absolute atomic E-state index is 0.0784.